The van der Waals surface area contributed by atoms with Crippen molar-refractivity contribution in [1.29, 1.82) is 0 Å². The predicted molar refractivity (Wildman–Crippen MR) is 129 cm³/mol. The number of nitrogens with one attached hydrogen (secondary N) is 1. The number of ether oxygens (including phenoxy) is 3. The second-order valence-electron chi connectivity index (χ2n) is 9.51. The van der Waals surface area contributed by atoms with Crippen LogP contribution in [0.15, 0.2) is 24.3 Å². The third-order valence-corrected chi connectivity index (χ3v) is 6.34. The average molecular weight is 463 g/mol. The van der Waals surface area contributed by atoms with Crippen LogP contribution in [0.4, 0.5) is 0 Å². The van der Waals surface area contributed by atoms with Crippen LogP contribution in [-0.2, 0) is 19.1 Å². The number of carbonyl (C=O) groups excluding carboxylic acids is 2. The Balaban J connectivity index is 2.03. The van der Waals surface area contributed by atoms with Gasteiger partial charge >= 0.3 is 5.97 Å². The van der Waals surface area contributed by atoms with E-state index in [9.17, 15) is 9.59 Å². The number of hydrogen-bond acceptors (Lipinski definition) is 6. The van der Waals surface area contributed by atoms with Gasteiger partial charge in [-0.05, 0) is 70.3 Å². The lowest BCUT2D eigenvalue weighted by Gasteiger charge is -2.31. The summed E-state index contributed by atoms with van der Waals surface area (Å²) >= 11 is 0. The molecule has 7 heteroatoms. The molecule has 0 spiro atoms. The molecule has 2 rings (SSSR count). The fourth-order valence-electron chi connectivity index (χ4n) is 4.21. The molecule has 2 atom stereocenters. The van der Waals surface area contributed by atoms with Gasteiger partial charge in [0.1, 0.15) is 11.9 Å². The summed E-state index contributed by atoms with van der Waals surface area (Å²) in [4.78, 5) is 27.1. The molecule has 7 nitrogen and oxygen atoms in total. The Labute approximate surface area is 199 Å². The number of methoxy groups -OCH3 is 2. The number of benzene rings is 1. The number of unbranched alkanes of at least 4 members (excludes halogenated alkanes) is 2. The van der Waals surface area contributed by atoms with E-state index in [0.717, 1.165) is 62.9 Å². The van der Waals surface area contributed by atoms with Crippen LogP contribution < -0.4 is 10.1 Å². The largest absolute Gasteiger partial charge is 0.497 e. The lowest BCUT2D eigenvalue weighted by atomic mass is 9.99. The van der Waals surface area contributed by atoms with E-state index in [2.05, 4.69) is 24.1 Å². The van der Waals surface area contributed by atoms with E-state index in [-0.39, 0.29) is 23.5 Å². The van der Waals surface area contributed by atoms with Crippen LogP contribution in [0.25, 0.3) is 0 Å². The molecular formula is C26H42N2O5. The molecule has 186 valence electrons. The molecule has 1 fully saturated rings. The molecule has 1 aromatic rings. The molecule has 0 unspecified atom stereocenters. The van der Waals surface area contributed by atoms with Gasteiger partial charge in [0.15, 0.2) is 0 Å². The van der Waals surface area contributed by atoms with Crippen molar-refractivity contribution in [1.82, 2.24) is 10.2 Å². The van der Waals surface area contributed by atoms with Crippen LogP contribution in [0.2, 0.25) is 0 Å². The summed E-state index contributed by atoms with van der Waals surface area (Å²) in [5.41, 5.74) is 0.718. The highest BCUT2D eigenvalue weighted by Gasteiger charge is 2.30. The first-order chi connectivity index (χ1) is 15.7. The highest BCUT2D eigenvalue weighted by molar-refractivity contribution is 5.76. The van der Waals surface area contributed by atoms with Gasteiger partial charge in [-0.15, -0.1) is 0 Å². The summed E-state index contributed by atoms with van der Waals surface area (Å²) in [6.45, 7) is 8.21. The van der Waals surface area contributed by atoms with Gasteiger partial charge in [0.25, 0.3) is 0 Å². The van der Waals surface area contributed by atoms with Gasteiger partial charge < -0.3 is 24.4 Å². The second-order valence-corrected chi connectivity index (χ2v) is 9.51. The Kier molecular flexibility index (Phi) is 11.1. The number of carbonyl (C=O) groups is 2. The normalized spacial score (nSPS) is 16.3. The first-order valence-electron chi connectivity index (χ1n) is 12.1. The molecule has 1 aliphatic rings. The first-order valence-corrected chi connectivity index (χ1v) is 12.1. The minimum Gasteiger partial charge on any atom is -0.497 e. The minimum absolute atomic E-state index is 0.00383. The van der Waals surface area contributed by atoms with E-state index < -0.39 is 6.10 Å². The SMILES string of the molecule is COc1ccc([C@@H](OC(C)=O)[C@@H](CN2CCCC2)NC(=O)CCCCCC(C)(C)OC)cc1. The molecule has 1 aliphatic heterocycles. The van der Waals surface area contributed by atoms with Crippen molar-refractivity contribution in [2.75, 3.05) is 33.9 Å². The molecule has 1 heterocycles. The van der Waals surface area contributed by atoms with Crippen molar-refractivity contribution < 1.29 is 23.8 Å². The van der Waals surface area contributed by atoms with E-state index in [0.29, 0.717) is 13.0 Å². The lowest BCUT2D eigenvalue weighted by Crippen LogP contribution is -2.47. The maximum atomic E-state index is 12.9. The molecule has 1 aromatic carbocycles. The Bertz CT molecular complexity index is 729. The predicted octanol–water partition coefficient (Wildman–Crippen LogP) is 4.26. The second kappa shape index (κ2) is 13.6. The molecule has 33 heavy (non-hydrogen) atoms. The maximum absolute atomic E-state index is 12.9. The van der Waals surface area contributed by atoms with Gasteiger partial charge in [0.05, 0.1) is 18.8 Å². The highest BCUT2D eigenvalue weighted by Crippen LogP contribution is 2.26. The monoisotopic (exact) mass is 462 g/mol. The van der Waals surface area contributed by atoms with E-state index in [1.165, 1.54) is 6.92 Å². The molecule has 0 aliphatic carbocycles. The number of esters is 1. The van der Waals surface area contributed by atoms with E-state index in [1.807, 2.05) is 24.3 Å². The van der Waals surface area contributed by atoms with Gasteiger partial charge in [-0.2, -0.15) is 0 Å². The standard InChI is InChI=1S/C26H42N2O5/c1-20(29)33-25(21-12-14-22(31-4)15-13-21)23(19-28-17-9-10-18-28)27-24(30)11-7-6-8-16-26(2,3)32-5/h12-15,23,25H,6-11,16-19H2,1-5H3,(H,27,30)/t23-,25-/m1/s1. The molecule has 0 aromatic heterocycles. The number of likely N-dealkylation sites (tertiary alicyclic amines) is 1. The van der Waals surface area contributed by atoms with Crippen molar-refractivity contribution >= 4 is 11.9 Å². The van der Waals surface area contributed by atoms with Crippen molar-refractivity contribution in [3.63, 3.8) is 0 Å². The van der Waals surface area contributed by atoms with E-state index >= 15 is 0 Å². The number of nitrogens with zero attached hydrogens (tertiary/aromatic N) is 1. The van der Waals surface area contributed by atoms with Crippen molar-refractivity contribution in [2.24, 2.45) is 0 Å². The molecule has 0 radical (unpaired) electrons. The Morgan fingerprint density at radius 1 is 1.06 bits per heavy atom. The van der Waals surface area contributed by atoms with Crippen LogP contribution in [0.3, 0.4) is 0 Å². The summed E-state index contributed by atoms with van der Waals surface area (Å²) in [6, 6.07) is 7.17. The zero-order valence-electron chi connectivity index (χ0n) is 21.0. The van der Waals surface area contributed by atoms with Gasteiger partial charge in [0, 0.05) is 27.0 Å². The summed E-state index contributed by atoms with van der Waals surface area (Å²) < 4.78 is 16.5. The zero-order chi connectivity index (χ0) is 24.3. The van der Waals surface area contributed by atoms with Crippen molar-refractivity contribution in [3.8, 4) is 5.75 Å². The number of hydrogen-bond donors (Lipinski definition) is 1. The smallest absolute Gasteiger partial charge is 0.303 e. The average Bonchev–Trinajstić information content (AvgIpc) is 3.30. The van der Waals surface area contributed by atoms with E-state index in [4.69, 9.17) is 14.2 Å². The van der Waals surface area contributed by atoms with E-state index in [1.54, 1.807) is 14.2 Å². The van der Waals surface area contributed by atoms with Gasteiger partial charge in [-0.3, -0.25) is 9.59 Å². The zero-order valence-corrected chi connectivity index (χ0v) is 21.0. The van der Waals surface area contributed by atoms with Crippen LogP contribution in [-0.4, -0.2) is 62.3 Å². The van der Waals surface area contributed by atoms with Crippen LogP contribution >= 0.6 is 0 Å². The minimum atomic E-state index is -0.555. The van der Waals surface area contributed by atoms with Crippen LogP contribution in [0, 0.1) is 0 Å². The molecule has 0 bridgehead atoms. The first kappa shape index (κ1) is 27.1. The van der Waals surface area contributed by atoms with Crippen LogP contribution in [0.5, 0.6) is 5.75 Å². The summed E-state index contributed by atoms with van der Waals surface area (Å²) in [5.74, 6) is 0.366. The number of amides is 1. The molecule has 0 saturated carbocycles. The van der Waals surface area contributed by atoms with Crippen molar-refractivity contribution in [2.45, 2.75) is 83.5 Å². The summed E-state index contributed by atoms with van der Waals surface area (Å²) in [6.07, 6.45) is 5.99. The summed E-state index contributed by atoms with van der Waals surface area (Å²) in [7, 11) is 3.35. The Morgan fingerprint density at radius 2 is 1.73 bits per heavy atom. The van der Waals surface area contributed by atoms with Gasteiger partial charge in [-0.1, -0.05) is 25.0 Å². The Morgan fingerprint density at radius 3 is 2.30 bits per heavy atom. The summed E-state index contributed by atoms with van der Waals surface area (Å²) in [5, 5.41) is 3.18. The highest BCUT2D eigenvalue weighted by atomic mass is 16.5. The third-order valence-electron chi connectivity index (χ3n) is 6.34. The Hall–Kier alpha value is -2.12. The van der Waals surface area contributed by atoms with Crippen molar-refractivity contribution in [3.05, 3.63) is 29.8 Å². The quantitative estimate of drug-likeness (QED) is 0.329. The van der Waals surface area contributed by atoms with Crippen LogP contribution in [0.1, 0.15) is 77.4 Å². The fraction of sp³-hybridized carbons (Fsp3) is 0.692. The lowest BCUT2D eigenvalue weighted by molar-refractivity contribution is -0.149. The molecule has 1 N–H and O–H groups in total. The molecule has 1 saturated heterocycles. The fourth-order valence-corrected chi connectivity index (χ4v) is 4.21. The maximum Gasteiger partial charge on any atom is 0.303 e. The molecular weight excluding hydrogens is 420 g/mol. The van der Waals surface area contributed by atoms with Gasteiger partial charge in [-0.25, -0.2) is 0 Å². The number of rotatable bonds is 14. The van der Waals surface area contributed by atoms with Gasteiger partial charge in [0.2, 0.25) is 5.91 Å². The third kappa shape index (κ3) is 9.72. The molecule has 1 amide bonds. The topological polar surface area (TPSA) is 77.1 Å².